The van der Waals surface area contributed by atoms with Gasteiger partial charge in [0.1, 0.15) is 18.5 Å². The molecule has 0 aliphatic carbocycles. The standard InChI is InChI=1S/C18H27ClN8/c1-2-20-18(22-8-3-4-10-26-13-23-24-14-26)25-15-7-11-27(12-15)17-16(19)6-5-9-21-17/h5-6,9,13-15H,2-4,7-8,10-12H2,1H3,(H2,20,22,25). The van der Waals surface area contributed by atoms with Crippen LogP contribution in [0.2, 0.25) is 5.02 Å². The Morgan fingerprint density at radius 3 is 2.96 bits per heavy atom. The van der Waals surface area contributed by atoms with Crippen molar-refractivity contribution < 1.29 is 0 Å². The Morgan fingerprint density at radius 2 is 2.19 bits per heavy atom. The van der Waals surface area contributed by atoms with Crippen LogP contribution in [-0.2, 0) is 6.54 Å². The summed E-state index contributed by atoms with van der Waals surface area (Å²) in [6.45, 7) is 6.45. The average molecular weight is 391 g/mol. The van der Waals surface area contributed by atoms with Crippen LogP contribution < -0.4 is 15.5 Å². The summed E-state index contributed by atoms with van der Waals surface area (Å²) in [7, 11) is 0. The van der Waals surface area contributed by atoms with Gasteiger partial charge in [-0.1, -0.05) is 11.6 Å². The maximum Gasteiger partial charge on any atom is 0.191 e. The fourth-order valence-electron chi connectivity index (χ4n) is 3.13. The van der Waals surface area contributed by atoms with Gasteiger partial charge in [0.15, 0.2) is 5.96 Å². The number of unbranched alkanes of at least 4 members (excludes halogenated alkanes) is 1. The highest BCUT2D eigenvalue weighted by Crippen LogP contribution is 2.25. The number of halogens is 1. The number of nitrogens with one attached hydrogen (secondary N) is 2. The van der Waals surface area contributed by atoms with E-state index in [1.165, 1.54) is 0 Å². The maximum atomic E-state index is 6.27. The number of nitrogens with zero attached hydrogens (tertiary/aromatic N) is 6. The van der Waals surface area contributed by atoms with Gasteiger partial charge in [0.25, 0.3) is 0 Å². The van der Waals surface area contributed by atoms with Gasteiger partial charge in [-0.3, -0.25) is 4.99 Å². The highest BCUT2D eigenvalue weighted by Gasteiger charge is 2.25. The molecule has 1 atom stereocenters. The summed E-state index contributed by atoms with van der Waals surface area (Å²) >= 11 is 6.27. The van der Waals surface area contributed by atoms with Gasteiger partial charge in [0.05, 0.1) is 5.02 Å². The Balaban J connectivity index is 1.45. The van der Waals surface area contributed by atoms with E-state index < -0.39 is 0 Å². The van der Waals surface area contributed by atoms with Crippen LogP contribution in [0.15, 0.2) is 36.0 Å². The molecule has 0 saturated carbocycles. The Labute approximate surface area is 165 Å². The van der Waals surface area contributed by atoms with Crippen molar-refractivity contribution in [3.8, 4) is 0 Å². The molecule has 1 aliphatic rings. The van der Waals surface area contributed by atoms with Gasteiger partial charge in [-0.25, -0.2) is 4.98 Å². The first-order valence-corrected chi connectivity index (χ1v) is 9.86. The predicted octanol–water partition coefficient (Wildman–Crippen LogP) is 1.94. The Hall–Kier alpha value is -2.35. The van der Waals surface area contributed by atoms with Crippen molar-refractivity contribution in [1.29, 1.82) is 0 Å². The molecule has 0 amide bonds. The van der Waals surface area contributed by atoms with E-state index in [9.17, 15) is 0 Å². The third kappa shape index (κ3) is 5.82. The monoisotopic (exact) mass is 390 g/mol. The van der Waals surface area contributed by atoms with Crippen LogP contribution in [0.5, 0.6) is 0 Å². The molecule has 2 aromatic rings. The summed E-state index contributed by atoms with van der Waals surface area (Å²) in [4.78, 5) is 11.3. The van der Waals surface area contributed by atoms with E-state index in [0.29, 0.717) is 11.1 Å². The lowest BCUT2D eigenvalue weighted by atomic mass is 10.3. The van der Waals surface area contributed by atoms with Crippen molar-refractivity contribution in [2.75, 3.05) is 31.1 Å². The Bertz CT molecular complexity index is 718. The topological polar surface area (TPSA) is 83.3 Å². The zero-order valence-electron chi connectivity index (χ0n) is 15.7. The molecule has 3 heterocycles. The second kappa shape index (κ2) is 10.1. The van der Waals surface area contributed by atoms with Gasteiger partial charge >= 0.3 is 0 Å². The first-order valence-electron chi connectivity index (χ1n) is 9.49. The summed E-state index contributed by atoms with van der Waals surface area (Å²) in [5, 5.41) is 15.2. The van der Waals surface area contributed by atoms with E-state index in [0.717, 1.165) is 63.8 Å². The lowest BCUT2D eigenvalue weighted by Gasteiger charge is -2.20. The first kappa shape index (κ1) is 19.4. The third-order valence-corrected chi connectivity index (χ3v) is 4.77. The van der Waals surface area contributed by atoms with Gasteiger partial charge in [-0.15, -0.1) is 10.2 Å². The molecular weight excluding hydrogens is 364 g/mol. The van der Waals surface area contributed by atoms with Crippen LogP contribution in [0.3, 0.4) is 0 Å². The molecule has 146 valence electrons. The fourth-order valence-corrected chi connectivity index (χ4v) is 3.37. The molecule has 0 bridgehead atoms. The minimum absolute atomic E-state index is 0.331. The number of aryl methyl sites for hydroxylation is 1. The normalized spacial score (nSPS) is 17.3. The molecule has 1 saturated heterocycles. The van der Waals surface area contributed by atoms with E-state index in [1.54, 1.807) is 18.9 Å². The van der Waals surface area contributed by atoms with Crippen molar-refractivity contribution >= 4 is 23.4 Å². The number of hydrogen-bond donors (Lipinski definition) is 2. The maximum absolute atomic E-state index is 6.27. The molecule has 0 radical (unpaired) electrons. The average Bonchev–Trinajstić information content (AvgIpc) is 3.34. The van der Waals surface area contributed by atoms with Gasteiger partial charge in [0.2, 0.25) is 0 Å². The van der Waals surface area contributed by atoms with E-state index >= 15 is 0 Å². The SMILES string of the molecule is CCNC(=NCCCCn1cnnc1)NC1CCN(c2ncccc2Cl)C1. The zero-order chi connectivity index (χ0) is 18.9. The van der Waals surface area contributed by atoms with Gasteiger partial charge in [-0.05, 0) is 38.3 Å². The van der Waals surface area contributed by atoms with Crippen molar-refractivity contribution in [3.63, 3.8) is 0 Å². The third-order valence-electron chi connectivity index (χ3n) is 4.47. The number of anilines is 1. The molecule has 0 aromatic carbocycles. The minimum Gasteiger partial charge on any atom is -0.357 e. The summed E-state index contributed by atoms with van der Waals surface area (Å²) in [5.74, 6) is 1.74. The summed E-state index contributed by atoms with van der Waals surface area (Å²) in [6, 6.07) is 4.07. The number of hydrogen-bond acceptors (Lipinski definition) is 5. The quantitative estimate of drug-likeness (QED) is 0.407. The molecule has 2 N–H and O–H groups in total. The van der Waals surface area contributed by atoms with Crippen molar-refractivity contribution in [2.45, 2.75) is 38.8 Å². The van der Waals surface area contributed by atoms with E-state index in [1.807, 2.05) is 16.7 Å². The lowest BCUT2D eigenvalue weighted by molar-refractivity contribution is 0.607. The van der Waals surface area contributed by atoms with Gasteiger partial charge in [0, 0.05) is 45.0 Å². The molecule has 1 unspecified atom stereocenters. The number of pyridine rings is 1. The highest BCUT2D eigenvalue weighted by atomic mass is 35.5. The number of rotatable bonds is 8. The molecule has 0 spiro atoms. The second-order valence-corrected chi connectivity index (χ2v) is 6.96. The van der Waals surface area contributed by atoms with E-state index in [4.69, 9.17) is 16.6 Å². The number of aromatic nitrogens is 4. The van der Waals surface area contributed by atoms with Crippen LogP contribution in [-0.4, -0.2) is 57.9 Å². The van der Waals surface area contributed by atoms with Crippen LogP contribution in [0, 0.1) is 0 Å². The molecule has 8 nitrogen and oxygen atoms in total. The Kier molecular flexibility index (Phi) is 7.27. The van der Waals surface area contributed by atoms with Crippen molar-refractivity contribution in [2.24, 2.45) is 4.99 Å². The van der Waals surface area contributed by atoms with Crippen molar-refractivity contribution in [3.05, 3.63) is 36.0 Å². The summed E-state index contributed by atoms with van der Waals surface area (Å²) < 4.78 is 1.99. The van der Waals surface area contributed by atoms with Crippen LogP contribution in [0.1, 0.15) is 26.2 Å². The Morgan fingerprint density at radius 1 is 1.33 bits per heavy atom. The lowest BCUT2D eigenvalue weighted by Crippen LogP contribution is -2.44. The second-order valence-electron chi connectivity index (χ2n) is 6.55. The van der Waals surface area contributed by atoms with Crippen LogP contribution >= 0.6 is 11.6 Å². The number of guanidine groups is 1. The molecule has 3 rings (SSSR count). The van der Waals surface area contributed by atoms with E-state index in [2.05, 4.69) is 37.6 Å². The molecule has 1 aliphatic heterocycles. The fraction of sp³-hybridized carbons (Fsp3) is 0.556. The summed E-state index contributed by atoms with van der Waals surface area (Å²) in [6.07, 6.45) is 8.38. The molecule has 27 heavy (non-hydrogen) atoms. The van der Waals surface area contributed by atoms with Crippen LogP contribution in [0.4, 0.5) is 5.82 Å². The zero-order valence-corrected chi connectivity index (χ0v) is 16.4. The predicted molar refractivity (Wildman–Crippen MR) is 108 cm³/mol. The highest BCUT2D eigenvalue weighted by molar-refractivity contribution is 6.32. The van der Waals surface area contributed by atoms with Gasteiger partial charge in [-0.2, -0.15) is 0 Å². The van der Waals surface area contributed by atoms with Gasteiger partial charge < -0.3 is 20.1 Å². The molecular formula is C18H27ClN8. The van der Waals surface area contributed by atoms with Crippen LogP contribution in [0.25, 0.3) is 0 Å². The van der Waals surface area contributed by atoms with Crippen molar-refractivity contribution in [1.82, 2.24) is 30.4 Å². The minimum atomic E-state index is 0.331. The summed E-state index contributed by atoms with van der Waals surface area (Å²) in [5.41, 5.74) is 0. The number of aliphatic imine (C=N–C) groups is 1. The van der Waals surface area contributed by atoms with E-state index in [-0.39, 0.29) is 0 Å². The molecule has 2 aromatic heterocycles. The molecule has 1 fully saturated rings. The largest absolute Gasteiger partial charge is 0.357 e. The first-order chi connectivity index (χ1) is 13.3. The molecule has 9 heteroatoms. The smallest absolute Gasteiger partial charge is 0.191 e.